The maximum absolute atomic E-state index is 12.7. The van der Waals surface area contributed by atoms with E-state index in [1.165, 1.54) is 0 Å². The SMILES string of the molecule is CN(C)CCCOc1cccc(NC(=O)c2cncc3ncn(C)c23)c1. The van der Waals surface area contributed by atoms with Crippen molar-refractivity contribution in [3.8, 4) is 5.75 Å². The van der Waals surface area contributed by atoms with Gasteiger partial charge in [-0.15, -0.1) is 0 Å². The van der Waals surface area contributed by atoms with Crippen LogP contribution in [0.4, 0.5) is 5.69 Å². The van der Waals surface area contributed by atoms with Crippen molar-refractivity contribution in [2.45, 2.75) is 6.42 Å². The molecule has 0 aliphatic heterocycles. The Morgan fingerprint density at radius 1 is 1.31 bits per heavy atom. The van der Waals surface area contributed by atoms with Crippen LogP contribution in [0.15, 0.2) is 43.0 Å². The van der Waals surface area contributed by atoms with E-state index in [1.54, 1.807) is 18.7 Å². The summed E-state index contributed by atoms with van der Waals surface area (Å²) in [6.45, 7) is 1.60. The lowest BCUT2D eigenvalue weighted by Gasteiger charge is -2.12. The summed E-state index contributed by atoms with van der Waals surface area (Å²) in [5.41, 5.74) is 2.62. The van der Waals surface area contributed by atoms with Crippen molar-refractivity contribution < 1.29 is 9.53 Å². The van der Waals surface area contributed by atoms with Gasteiger partial charge in [-0.05, 0) is 32.6 Å². The summed E-state index contributed by atoms with van der Waals surface area (Å²) in [6.07, 6.45) is 5.82. The molecular formula is C19H23N5O2. The molecule has 1 aromatic carbocycles. The number of fused-ring (bicyclic) bond motifs is 1. The topological polar surface area (TPSA) is 72.3 Å². The van der Waals surface area contributed by atoms with Crippen molar-refractivity contribution in [1.82, 2.24) is 19.4 Å². The standard InChI is InChI=1S/C19H23N5O2/c1-23(2)8-5-9-26-15-7-4-6-14(10-15)22-19(25)16-11-20-12-17-18(16)24(3)13-21-17/h4,6-7,10-13H,5,8-9H2,1-3H3,(H,22,25). The Morgan fingerprint density at radius 3 is 2.96 bits per heavy atom. The number of rotatable bonds is 7. The highest BCUT2D eigenvalue weighted by molar-refractivity contribution is 6.11. The van der Waals surface area contributed by atoms with Gasteiger partial charge >= 0.3 is 0 Å². The van der Waals surface area contributed by atoms with Gasteiger partial charge < -0.3 is 19.5 Å². The normalized spacial score (nSPS) is 11.1. The smallest absolute Gasteiger partial charge is 0.259 e. The summed E-state index contributed by atoms with van der Waals surface area (Å²) in [4.78, 5) is 23.1. The van der Waals surface area contributed by atoms with Gasteiger partial charge in [0.2, 0.25) is 0 Å². The highest BCUT2D eigenvalue weighted by Gasteiger charge is 2.14. The molecule has 136 valence electrons. The van der Waals surface area contributed by atoms with Gasteiger partial charge in [0.05, 0.1) is 30.2 Å². The fourth-order valence-electron chi connectivity index (χ4n) is 2.71. The molecule has 2 aromatic heterocycles. The lowest BCUT2D eigenvalue weighted by atomic mass is 10.2. The highest BCUT2D eigenvalue weighted by Crippen LogP contribution is 2.20. The molecule has 0 unspecified atom stereocenters. The second-order valence-electron chi connectivity index (χ2n) is 6.40. The molecule has 0 spiro atoms. The number of anilines is 1. The van der Waals surface area contributed by atoms with Gasteiger partial charge in [0.15, 0.2) is 0 Å². The lowest BCUT2D eigenvalue weighted by molar-refractivity contribution is 0.102. The molecule has 1 N–H and O–H groups in total. The molecular weight excluding hydrogens is 330 g/mol. The minimum atomic E-state index is -0.226. The largest absolute Gasteiger partial charge is 0.493 e. The van der Waals surface area contributed by atoms with Crippen LogP contribution >= 0.6 is 0 Å². The third kappa shape index (κ3) is 4.18. The van der Waals surface area contributed by atoms with Crippen LogP contribution in [-0.2, 0) is 7.05 Å². The number of hydrogen-bond acceptors (Lipinski definition) is 5. The van der Waals surface area contributed by atoms with Crippen LogP contribution in [0.25, 0.3) is 11.0 Å². The number of carbonyl (C=O) groups is 1. The number of aromatic nitrogens is 3. The molecule has 0 atom stereocenters. The quantitative estimate of drug-likeness (QED) is 0.661. The number of carbonyl (C=O) groups excluding carboxylic acids is 1. The Labute approximate surface area is 152 Å². The molecule has 7 nitrogen and oxygen atoms in total. The van der Waals surface area contributed by atoms with Gasteiger partial charge in [-0.1, -0.05) is 6.07 Å². The summed E-state index contributed by atoms with van der Waals surface area (Å²) < 4.78 is 7.57. The maximum Gasteiger partial charge on any atom is 0.259 e. The molecule has 2 heterocycles. The molecule has 26 heavy (non-hydrogen) atoms. The van der Waals surface area contributed by atoms with Crippen LogP contribution in [0.3, 0.4) is 0 Å². The van der Waals surface area contributed by atoms with Crippen molar-refractivity contribution in [1.29, 1.82) is 0 Å². The molecule has 0 bridgehead atoms. The van der Waals surface area contributed by atoms with Crippen molar-refractivity contribution in [2.75, 3.05) is 32.6 Å². The zero-order valence-corrected chi connectivity index (χ0v) is 15.3. The first kappa shape index (κ1) is 17.9. The van der Waals surface area contributed by atoms with E-state index in [0.717, 1.165) is 24.2 Å². The van der Waals surface area contributed by atoms with Gasteiger partial charge in [-0.3, -0.25) is 9.78 Å². The third-order valence-electron chi connectivity index (χ3n) is 3.98. The first-order valence-electron chi connectivity index (χ1n) is 8.48. The molecule has 3 rings (SSSR count). The van der Waals surface area contributed by atoms with E-state index in [2.05, 4.69) is 20.2 Å². The Bertz CT molecular complexity index is 904. The predicted octanol–water partition coefficient (Wildman–Crippen LogP) is 2.55. The highest BCUT2D eigenvalue weighted by atomic mass is 16.5. The van der Waals surface area contributed by atoms with Crippen LogP contribution in [0.5, 0.6) is 5.75 Å². The minimum Gasteiger partial charge on any atom is -0.493 e. The van der Waals surface area contributed by atoms with E-state index in [0.29, 0.717) is 23.4 Å². The molecule has 0 fully saturated rings. The Kier molecular flexibility index (Phi) is 5.48. The molecule has 0 aliphatic carbocycles. The number of imidazole rings is 1. The van der Waals surface area contributed by atoms with E-state index in [4.69, 9.17) is 4.74 Å². The number of pyridine rings is 1. The number of aryl methyl sites for hydroxylation is 1. The number of amides is 1. The number of benzene rings is 1. The fraction of sp³-hybridized carbons (Fsp3) is 0.316. The Hall–Kier alpha value is -2.93. The van der Waals surface area contributed by atoms with Crippen molar-refractivity contribution in [3.05, 3.63) is 48.5 Å². The van der Waals surface area contributed by atoms with Crippen LogP contribution < -0.4 is 10.1 Å². The predicted molar refractivity (Wildman–Crippen MR) is 102 cm³/mol. The molecule has 0 saturated heterocycles. The van der Waals surface area contributed by atoms with Crippen LogP contribution in [-0.4, -0.2) is 52.6 Å². The monoisotopic (exact) mass is 353 g/mol. The molecule has 1 amide bonds. The first-order valence-corrected chi connectivity index (χ1v) is 8.48. The van der Waals surface area contributed by atoms with E-state index in [-0.39, 0.29) is 5.91 Å². The summed E-state index contributed by atoms with van der Waals surface area (Å²) in [6, 6.07) is 7.40. The minimum absolute atomic E-state index is 0.226. The van der Waals surface area contributed by atoms with Crippen LogP contribution in [0.1, 0.15) is 16.8 Å². The van der Waals surface area contributed by atoms with Crippen molar-refractivity contribution in [2.24, 2.45) is 7.05 Å². The molecule has 0 radical (unpaired) electrons. The zero-order valence-electron chi connectivity index (χ0n) is 15.3. The van der Waals surface area contributed by atoms with Gasteiger partial charge in [-0.25, -0.2) is 4.98 Å². The lowest BCUT2D eigenvalue weighted by Crippen LogP contribution is -2.15. The first-order chi connectivity index (χ1) is 12.5. The van der Waals surface area contributed by atoms with Crippen molar-refractivity contribution in [3.63, 3.8) is 0 Å². The van der Waals surface area contributed by atoms with Crippen molar-refractivity contribution >= 4 is 22.6 Å². The van der Waals surface area contributed by atoms with Crippen LogP contribution in [0.2, 0.25) is 0 Å². The molecule has 0 aliphatic rings. The third-order valence-corrected chi connectivity index (χ3v) is 3.98. The summed E-state index contributed by atoms with van der Waals surface area (Å²) in [7, 11) is 5.93. The molecule has 3 aromatic rings. The second kappa shape index (κ2) is 7.97. The number of hydrogen-bond donors (Lipinski definition) is 1. The molecule has 7 heteroatoms. The Balaban J connectivity index is 1.69. The van der Waals surface area contributed by atoms with E-state index < -0.39 is 0 Å². The fourth-order valence-corrected chi connectivity index (χ4v) is 2.71. The number of nitrogens with zero attached hydrogens (tertiary/aromatic N) is 4. The van der Waals surface area contributed by atoms with E-state index in [9.17, 15) is 4.79 Å². The van der Waals surface area contributed by atoms with E-state index in [1.807, 2.05) is 50.0 Å². The molecule has 0 saturated carbocycles. The van der Waals surface area contributed by atoms with Gasteiger partial charge in [0.1, 0.15) is 11.3 Å². The second-order valence-corrected chi connectivity index (χ2v) is 6.40. The zero-order chi connectivity index (χ0) is 18.5. The average molecular weight is 353 g/mol. The number of ether oxygens (including phenoxy) is 1. The average Bonchev–Trinajstić information content (AvgIpc) is 3.00. The summed E-state index contributed by atoms with van der Waals surface area (Å²) in [5.74, 6) is 0.509. The van der Waals surface area contributed by atoms with Gasteiger partial charge in [0, 0.05) is 31.5 Å². The maximum atomic E-state index is 12.7. The summed E-state index contributed by atoms with van der Waals surface area (Å²) in [5, 5.41) is 2.91. The van der Waals surface area contributed by atoms with Crippen LogP contribution in [0, 0.1) is 0 Å². The Morgan fingerprint density at radius 2 is 2.15 bits per heavy atom. The van der Waals surface area contributed by atoms with Gasteiger partial charge in [-0.2, -0.15) is 0 Å². The van der Waals surface area contributed by atoms with Gasteiger partial charge in [0.25, 0.3) is 5.91 Å². The van der Waals surface area contributed by atoms with E-state index >= 15 is 0 Å². The number of nitrogens with one attached hydrogen (secondary N) is 1. The summed E-state index contributed by atoms with van der Waals surface area (Å²) >= 11 is 0.